The van der Waals surface area contributed by atoms with Crippen molar-refractivity contribution in [2.75, 3.05) is 20.1 Å². The molecule has 1 fully saturated rings. The van der Waals surface area contributed by atoms with Gasteiger partial charge in [-0.05, 0) is 55.2 Å². The predicted molar refractivity (Wildman–Crippen MR) is 84.5 cm³/mol. The van der Waals surface area contributed by atoms with E-state index in [4.69, 9.17) is 0 Å². The van der Waals surface area contributed by atoms with E-state index in [1.165, 1.54) is 0 Å². The molecule has 2 aromatic carbocycles. The second-order valence-corrected chi connectivity index (χ2v) is 6.02. The molecule has 0 amide bonds. The van der Waals surface area contributed by atoms with Crippen LogP contribution in [0, 0.1) is 5.92 Å². The molecule has 3 heteroatoms. The number of piperidine rings is 1. The molecule has 3 rings (SSSR count). The molecule has 0 aromatic heterocycles. The summed E-state index contributed by atoms with van der Waals surface area (Å²) in [6, 6.07) is 14.1. The molecule has 0 aliphatic carbocycles. The Morgan fingerprint density at radius 3 is 2.52 bits per heavy atom. The lowest BCUT2D eigenvalue weighted by Gasteiger charge is -2.33. The van der Waals surface area contributed by atoms with Crippen molar-refractivity contribution >= 4 is 16.7 Å². The van der Waals surface area contributed by atoms with Crippen LogP contribution in [0.2, 0.25) is 0 Å². The third kappa shape index (κ3) is 2.79. The van der Waals surface area contributed by atoms with Crippen molar-refractivity contribution in [2.24, 2.45) is 5.92 Å². The van der Waals surface area contributed by atoms with Crippen molar-refractivity contribution in [3.63, 3.8) is 0 Å². The van der Waals surface area contributed by atoms with Crippen LogP contribution < -0.4 is 0 Å². The second-order valence-electron chi connectivity index (χ2n) is 6.02. The number of aliphatic carboxylic acids is 1. The highest BCUT2D eigenvalue weighted by molar-refractivity contribution is 5.90. The van der Waals surface area contributed by atoms with E-state index in [-0.39, 0.29) is 5.92 Å². The van der Waals surface area contributed by atoms with E-state index in [0.29, 0.717) is 0 Å². The number of benzene rings is 2. The number of nitrogens with zero attached hydrogens (tertiary/aromatic N) is 1. The summed E-state index contributed by atoms with van der Waals surface area (Å²) in [6.07, 6.45) is 1.91. The van der Waals surface area contributed by atoms with Crippen LogP contribution in [-0.4, -0.2) is 36.1 Å². The average molecular weight is 283 g/mol. The molecule has 1 aliphatic heterocycles. The van der Waals surface area contributed by atoms with E-state index in [0.717, 1.165) is 42.3 Å². The van der Waals surface area contributed by atoms with Crippen molar-refractivity contribution in [1.29, 1.82) is 0 Å². The first kappa shape index (κ1) is 14.1. The van der Waals surface area contributed by atoms with Crippen molar-refractivity contribution < 1.29 is 9.90 Å². The van der Waals surface area contributed by atoms with E-state index >= 15 is 0 Å². The Labute approximate surface area is 125 Å². The van der Waals surface area contributed by atoms with Gasteiger partial charge in [-0.15, -0.1) is 0 Å². The van der Waals surface area contributed by atoms with Gasteiger partial charge in [0.05, 0.1) is 5.92 Å². The molecule has 110 valence electrons. The van der Waals surface area contributed by atoms with Gasteiger partial charge in [0, 0.05) is 0 Å². The highest BCUT2D eigenvalue weighted by atomic mass is 16.4. The first-order valence-corrected chi connectivity index (χ1v) is 7.56. The van der Waals surface area contributed by atoms with Crippen LogP contribution in [0.3, 0.4) is 0 Å². The van der Waals surface area contributed by atoms with Crippen LogP contribution in [0.5, 0.6) is 0 Å². The maximum absolute atomic E-state index is 11.9. The van der Waals surface area contributed by atoms with Gasteiger partial charge in [0.15, 0.2) is 0 Å². The predicted octanol–water partition coefficient (Wildman–Crippen LogP) is 3.35. The lowest BCUT2D eigenvalue weighted by molar-refractivity contribution is -0.140. The maximum atomic E-state index is 11.9. The topological polar surface area (TPSA) is 40.5 Å². The molecule has 1 saturated heterocycles. The summed E-state index contributed by atoms with van der Waals surface area (Å²) in [6.45, 7) is 1.97. The van der Waals surface area contributed by atoms with E-state index in [1.807, 2.05) is 42.5 Å². The zero-order valence-electron chi connectivity index (χ0n) is 12.3. The van der Waals surface area contributed by atoms with Crippen molar-refractivity contribution in [1.82, 2.24) is 4.90 Å². The minimum absolute atomic E-state index is 0.226. The van der Waals surface area contributed by atoms with Gasteiger partial charge in [0.1, 0.15) is 0 Å². The SMILES string of the molecule is CN1CCC(C(C(=O)O)c2cccc3ccccc23)CC1. The maximum Gasteiger partial charge on any atom is 0.311 e. The first-order chi connectivity index (χ1) is 10.2. The zero-order valence-corrected chi connectivity index (χ0v) is 12.3. The summed E-state index contributed by atoms with van der Waals surface area (Å²) >= 11 is 0. The van der Waals surface area contributed by atoms with Crippen molar-refractivity contribution in [3.05, 3.63) is 48.0 Å². The number of fused-ring (bicyclic) bond motifs is 1. The Bertz CT molecular complexity index is 639. The fourth-order valence-electron chi connectivity index (χ4n) is 3.47. The molecule has 0 saturated carbocycles. The normalized spacial score (nSPS) is 18.7. The van der Waals surface area contributed by atoms with Gasteiger partial charge in [-0.25, -0.2) is 0 Å². The van der Waals surface area contributed by atoms with E-state index in [9.17, 15) is 9.90 Å². The van der Waals surface area contributed by atoms with Gasteiger partial charge in [0.25, 0.3) is 0 Å². The van der Waals surface area contributed by atoms with Crippen LogP contribution in [0.4, 0.5) is 0 Å². The number of hydrogen-bond donors (Lipinski definition) is 1. The Hall–Kier alpha value is -1.87. The van der Waals surface area contributed by atoms with Crippen molar-refractivity contribution in [3.8, 4) is 0 Å². The summed E-state index contributed by atoms with van der Waals surface area (Å²) in [7, 11) is 2.10. The molecule has 1 heterocycles. The summed E-state index contributed by atoms with van der Waals surface area (Å²) in [5, 5.41) is 12.0. The molecule has 0 spiro atoms. The van der Waals surface area contributed by atoms with Crippen LogP contribution in [0.1, 0.15) is 24.3 Å². The fraction of sp³-hybridized carbons (Fsp3) is 0.389. The van der Waals surface area contributed by atoms with Gasteiger partial charge < -0.3 is 10.0 Å². The van der Waals surface area contributed by atoms with Gasteiger partial charge in [-0.3, -0.25) is 4.79 Å². The van der Waals surface area contributed by atoms with Crippen LogP contribution >= 0.6 is 0 Å². The summed E-state index contributed by atoms with van der Waals surface area (Å²) in [5.74, 6) is -0.866. The smallest absolute Gasteiger partial charge is 0.311 e. The third-order valence-electron chi connectivity index (χ3n) is 4.66. The fourth-order valence-corrected chi connectivity index (χ4v) is 3.47. The molecule has 1 atom stereocenters. The summed E-state index contributed by atoms with van der Waals surface area (Å²) in [4.78, 5) is 14.2. The molecule has 0 radical (unpaired) electrons. The zero-order chi connectivity index (χ0) is 14.8. The standard InChI is InChI=1S/C18H21NO2/c1-19-11-9-14(10-12-19)17(18(20)21)16-8-4-6-13-5-2-3-7-15(13)16/h2-8,14,17H,9-12H2,1H3,(H,20,21). The minimum Gasteiger partial charge on any atom is -0.481 e. The highest BCUT2D eigenvalue weighted by Gasteiger charge is 2.32. The van der Waals surface area contributed by atoms with Crippen LogP contribution in [0.15, 0.2) is 42.5 Å². The van der Waals surface area contributed by atoms with E-state index in [1.54, 1.807) is 0 Å². The second kappa shape index (κ2) is 5.86. The molecule has 0 bridgehead atoms. The number of carboxylic acids is 1. The van der Waals surface area contributed by atoms with Gasteiger partial charge in [-0.1, -0.05) is 42.5 Å². The Morgan fingerprint density at radius 2 is 1.81 bits per heavy atom. The quantitative estimate of drug-likeness (QED) is 0.939. The van der Waals surface area contributed by atoms with E-state index in [2.05, 4.69) is 11.9 Å². The highest BCUT2D eigenvalue weighted by Crippen LogP contribution is 2.36. The minimum atomic E-state index is -0.694. The van der Waals surface area contributed by atoms with Crippen LogP contribution in [-0.2, 0) is 4.79 Å². The van der Waals surface area contributed by atoms with Gasteiger partial charge >= 0.3 is 5.97 Å². The molecule has 3 nitrogen and oxygen atoms in total. The Kier molecular flexibility index (Phi) is 3.93. The van der Waals surface area contributed by atoms with Crippen molar-refractivity contribution in [2.45, 2.75) is 18.8 Å². The van der Waals surface area contributed by atoms with Crippen LogP contribution in [0.25, 0.3) is 10.8 Å². The third-order valence-corrected chi connectivity index (χ3v) is 4.66. The first-order valence-electron chi connectivity index (χ1n) is 7.56. The van der Waals surface area contributed by atoms with Gasteiger partial charge in [-0.2, -0.15) is 0 Å². The lowest BCUT2D eigenvalue weighted by atomic mass is 9.78. The monoisotopic (exact) mass is 283 g/mol. The number of rotatable bonds is 3. The van der Waals surface area contributed by atoms with E-state index < -0.39 is 11.9 Å². The summed E-state index contributed by atoms with van der Waals surface area (Å²) < 4.78 is 0. The Balaban J connectivity index is 2.02. The molecule has 21 heavy (non-hydrogen) atoms. The molecule has 1 N–H and O–H groups in total. The molecular formula is C18H21NO2. The molecule has 1 aliphatic rings. The number of carboxylic acid groups (broad SMARTS) is 1. The number of hydrogen-bond acceptors (Lipinski definition) is 2. The molecule has 2 aromatic rings. The Morgan fingerprint density at radius 1 is 1.14 bits per heavy atom. The summed E-state index contributed by atoms with van der Waals surface area (Å²) in [5.41, 5.74) is 0.968. The number of carbonyl (C=O) groups is 1. The van der Waals surface area contributed by atoms with Gasteiger partial charge in [0.2, 0.25) is 0 Å². The molecular weight excluding hydrogens is 262 g/mol. The lowest BCUT2D eigenvalue weighted by Crippen LogP contribution is -2.35. The largest absolute Gasteiger partial charge is 0.481 e. The average Bonchev–Trinajstić information content (AvgIpc) is 2.49. The molecule has 1 unspecified atom stereocenters. The number of likely N-dealkylation sites (tertiary alicyclic amines) is 1.